The van der Waals surface area contributed by atoms with Gasteiger partial charge in [0.25, 0.3) is 0 Å². The van der Waals surface area contributed by atoms with Gasteiger partial charge in [-0.25, -0.2) is 18.7 Å². The number of nitrogens with one attached hydrogen (secondary N) is 1. The van der Waals surface area contributed by atoms with Crippen molar-refractivity contribution in [3.8, 4) is 0 Å². The summed E-state index contributed by atoms with van der Waals surface area (Å²) in [6.07, 6.45) is 3.25. The summed E-state index contributed by atoms with van der Waals surface area (Å²) in [5.74, 6) is 0.00386. The maximum absolute atomic E-state index is 13.5. The molecule has 1 aliphatic rings. The monoisotopic (exact) mass is 455 g/mol. The molecular weight excluding hydrogens is 432 g/mol. The van der Waals surface area contributed by atoms with Crippen LogP contribution < -0.4 is 15.1 Å². The lowest BCUT2D eigenvalue weighted by Crippen LogP contribution is -2.47. The van der Waals surface area contributed by atoms with Gasteiger partial charge in [-0.05, 0) is 48.9 Å². The number of anilines is 3. The second-order valence-electron chi connectivity index (χ2n) is 7.43. The molecule has 166 valence electrons. The van der Waals surface area contributed by atoms with Crippen LogP contribution in [0.5, 0.6) is 0 Å². The van der Waals surface area contributed by atoms with E-state index in [1.165, 1.54) is 36.0 Å². The largest absolute Gasteiger partial charge is 0.368 e. The Balaban J connectivity index is 1.36. The third-order valence-electron chi connectivity index (χ3n) is 5.23. The second-order valence-corrected chi connectivity index (χ2v) is 8.40. The van der Waals surface area contributed by atoms with Crippen LogP contribution in [-0.2, 0) is 4.79 Å². The van der Waals surface area contributed by atoms with Crippen LogP contribution in [0.1, 0.15) is 5.56 Å². The summed E-state index contributed by atoms with van der Waals surface area (Å²) in [6.45, 7) is 4.82. The number of hydrogen-bond acceptors (Lipinski definition) is 6. The minimum atomic E-state index is -0.394. The molecule has 0 bridgehead atoms. The molecule has 1 fully saturated rings. The molecule has 3 aromatic rings. The number of rotatable bonds is 6. The van der Waals surface area contributed by atoms with Gasteiger partial charge in [-0.1, -0.05) is 17.8 Å². The number of carbonyl (C=O) groups excluding carboxylic acids is 1. The van der Waals surface area contributed by atoms with E-state index in [4.69, 9.17) is 0 Å². The molecule has 1 saturated heterocycles. The second kappa shape index (κ2) is 9.95. The molecule has 2 aromatic carbocycles. The predicted octanol–water partition coefficient (Wildman–Crippen LogP) is 4.12. The number of carbonyl (C=O) groups is 1. The Bertz CT molecular complexity index is 1090. The summed E-state index contributed by atoms with van der Waals surface area (Å²) in [5, 5.41) is 3.43. The van der Waals surface area contributed by atoms with E-state index < -0.39 is 5.82 Å². The Kier molecular flexibility index (Phi) is 6.84. The van der Waals surface area contributed by atoms with Crippen LogP contribution in [0.2, 0.25) is 0 Å². The quantitative estimate of drug-likeness (QED) is 0.565. The number of aryl methyl sites for hydroxylation is 1. The molecule has 4 rings (SSSR count). The highest BCUT2D eigenvalue weighted by Gasteiger charge is 2.22. The van der Waals surface area contributed by atoms with E-state index in [0.717, 1.165) is 43.2 Å². The molecule has 0 radical (unpaired) electrons. The molecule has 32 heavy (non-hydrogen) atoms. The van der Waals surface area contributed by atoms with Gasteiger partial charge >= 0.3 is 0 Å². The van der Waals surface area contributed by atoms with Gasteiger partial charge in [-0.2, -0.15) is 0 Å². The highest BCUT2D eigenvalue weighted by Crippen LogP contribution is 2.28. The van der Waals surface area contributed by atoms with Crippen LogP contribution in [0.25, 0.3) is 0 Å². The Labute approximate surface area is 189 Å². The van der Waals surface area contributed by atoms with E-state index in [9.17, 15) is 13.6 Å². The minimum absolute atomic E-state index is 0.136. The average molecular weight is 456 g/mol. The normalized spacial score (nSPS) is 13.8. The van der Waals surface area contributed by atoms with Crippen molar-refractivity contribution < 1.29 is 13.6 Å². The fourth-order valence-corrected chi connectivity index (χ4v) is 4.30. The standard InChI is InChI=1S/C23H23F2N5OS/c1-16-2-3-18(25)14-20(16)28-21(31)15-32-23-22(26-8-9-27-23)30-12-10-29(11-13-30)19-6-4-17(24)5-7-19/h2-9,14H,10-13,15H2,1H3,(H,28,31). The zero-order chi connectivity index (χ0) is 22.5. The third-order valence-corrected chi connectivity index (χ3v) is 6.20. The van der Waals surface area contributed by atoms with Crippen molar-refractivity contribution in [1.82, 2.24) is 9.97 Å². The molecule has 9 heteroatoms. The molecule has 1 amide bonds. The highest BCUT2D eigenvalue weighted by molar-refractivity contribution is 8.00. The molecule has 0 atom stereocenters. The van der Waals surface area contributed by atoms with Crippen molar-refractivity contribution in [3.05, 3.63) is 72.1 Å². The van der Waals surface area contributed by atoms with Crippen LogP contribution in [0.3, 0.4) is 0 Å². The maximum atomic E-state index is 13.5. The Hall–Kier alpha value is -3.20. The molecule has 1 aliphatic heterocycles. The minimum Gasteiger partial charge on any atom is -0.368 e. The van der Waals surface area contributed by atoms with Crippen molar-refractivity contribution in [2.24, 2.45) is 0 Å². The van der Waals surface area contributed by atoms with E-state index in [2.05, 4.69) is 25.1 Å². The summed E-state index contributed by atoms with van der Waals surface area (Å²) >= 11 is 1.30. The molecule has 1 N–H and O–H groups in total. The number of piperazine rings is 1. The van der Waals surface area contributed by atoms with Gasteiger partial charge in [-0.3, -0.25) is 4.79 Å². The molecular formula is C23H23F2N5OS. The van der Waals surface area contributed by atoms with Crippen LogP contribution >= 0.6 is 11.8 Å². The topological polar surface area (TPSA) is 61.4 Å². The first-order valence-electron chi connectivity index (χ1n) is 10.2. The molecule has 0 unspecified atom stereocenters. The molecule has 1 aromatic heterocycles. The fourth-order valence-electron chi connectivity index (χ4n) is 3.51. The van der Waals surface area contributed by atoms with Gasteiger partial charge in [0.05, 0.1) is 5.75 Å². The first-order valence-corrected chi connectivity index (χ1v) is 11.2. The van der Waals surface area contributed by atoms with Gasteiger partial charge in [0.15, 0.2) is 5.82 Å². The summed E-state index contributed by atoms with van der Waals surface area (Å²) < 4.78 is 26.6. The summed E-state index contributed by atoms with van der Waals surface area (Å²) in [4.78, 5) is 25.7. The van der Waals surface area contributed by atoms with Crippen LogP contribution in [0.4, 0.5) is 26.0 Å². The lowest BCUT2D eigenvalue weighted by molar-refractivity contribution is -0.113. The van der Waals surface area contributed by atoms with E-state index in [1.807, 2.05) is 6.92 Å². The Morgan fingerprint density at radius 2 is 1.62 bits per heavy atom. The smallest absolute Gasteiger partial charge is 0.234 e. The van der Waals surface area contributed by atoms with E-state index >= 15 is 0 Å². The summed E-state index contributed by atoms with van der Waals surface area (Å²) in [7, 11) is 0. The molecule has 0 spiro atoms. The zero-order valence-corrected chi connectivity index (χ0v) is 18.4. The lowest BCUT2D eigenvalue weighted by Gasteiger charge is -2.37. The van der Waals surface area contributed by atoms with Crippen molar-refractivity contribution in [1.29, 1.82) is 0 Å². The number of aromatic nitrogens is 2. The third kappa shape index (κ3) is 5.34. The number of nitrogens with zero attached hydrogens (tertiary/aromatic N) is 4. The van der Waals surface area contributed by atoms with Gasteiger partial charge in [0.1, 0.15) is 16.7 Å². The van der Waals surface area contributed by atoms with Crippen molar-refractivity contribution in [3.63, 3.8) is 0 Å². The van der Waals surface area contributed by atoms with Crippen molar-refractivity contribution in [2.45, 2.75) is 11.9 Å². The molecule has 6 nitrogen and oxygen atoms in total. The number of hydrogen-bond donors (Lipinski definition) is 1. The predicted molar refractivity (Wildman–Crippen MR) is 123 cm³/mol. The number of amides is 1. The first-order chi connectivity index (χ1) is 15.5. The number of benzene rings is 2. The Morgan fingerprint density at radius 3 is 2.38 bits per heavy atom. The molecule has 0 saturated carbocycles. The first kappa shape index (κ1) is 22.0. The molecule has 0 aliphatic carbocycles. The van der Waals surface area contributed by atoms with Gasteiger partial charge < -0.3 is 15.1 Å². The van der Waals surface area contributed by atoms with Gasteiger partial charge in [-0.15, -0.1) is 0 Å². The van der Waals surface area contributed by atoms with Crippen LogP contribution in [0.15, 0.2) is 59.9 Å². The highest BCUT2D eigenvalue weighted by atomic mass is 32.2. The molecule has 2 heterocycles. The fraction of sp³-hybridized carbons (Fsp3) is 0.261. The average Bonchev–Trinajstić information content (AvgIpc) is 2.81. The SMILES string of the molecule is Cc1ccc(F)cc1NC(=O)CSc1nccnc1N1CCN(c2ccc(F)cc2)CC1. The zero-order valence-electron chi connectivity index (χ0n) is 17.6. The lowest BCUT2D eigenvalue weighted by atomic mass is 10.2. The number of halogens is 2. The van der Waals surface area contributed by atoms with Gasteiger partial charge in [0.2, 0.25) is 5.91 Å². The van der Waals surface area contributed by atoms with Crippen LogP contribution in [-0.4, -0.2) is 47.8 Å². The summed E-state index contributed by atoms with van der Waals surface area (Å²) in [6, 6.07) is 10.8. The maximum Gasteiger partial charge on any atom is 0.234 e. The van der Waals surface area contributed by atoms with Crippen molar-refractivity contribution >= 4 is 34.9 Å². The van der Waals surface area contributed by atoms with E-state index in [-0.39, 0.29) is 17.5 Å². The van der Waals surface area contributed by atoms with Crippen LogP contribution in [0, 0.1) is 18.6 Å². The van der Waals surface area contributed by atoms with E-state index in [0.29, 0.717) is 10.7 Å². The van der Waals surface area contributed by atoms with Crippen molar-refractivity contribution in [2.75, 3.05) is 47.0 Å². The van der Waals surface area contributed by atoms with E-state index in [1.54, 1.807) is 30.6 Å². The Morgan fingerprint density at radius 1 is 0.969 bits per heavy atom. The summed E-state index contributed by atoms with van der Waals surface area (Å²) in [5.41, 5.74) is 2.25. The number of thioether (sulfide) groups is 1. The van der Waals surface area contributed by atoms with Gasteiger partial charge in [0, 0.05) is 49.9 Å².